The van der Waals surface area contributed by atoms with Crippen molar-refractivity contribution in [3.05, 3.63) is 59.8 Å². The average molecular weight is 389 g/mol. The molecule has 0 radical (unpaired) electrons. The van der Waals surface area contributed by atoms with Crippen LogP contribution in [0.4, 0.5) is 5.95 Å². The summed E-state index contributed by atoms with van der Waals surface area (Å²) in [5, 5.41) is 23.3. The first kappa shape index (κ1) is 18.9. The van der Waals surface area contributed by atoms with Gasteiger partial charge in [0.1, 0.15) is 0 Å². The molecule has 0 unspecified atom stereocenters. The molecule has 0 aliphatic heterocycles. The molecule has 0 atom stereocenters. The van der Waals surface area contributed by atoms with Crippen molar-refractivity contribution >= 4 is 29.4 Å². The van der Waals surface area contributed by atoms with Gasteiger partial charge in [0.25, 0.3) is 0 Å². The smallest absolute Gasteiger partial charge is 0.467 e. The Labute approximate surface area is 167 Å². The van der Waals surface area contributed by atoms with Crippen molar-refractivity contribution in [3.63, 3.8) is 0 Å². The third-order valence-corrected chi connectivity index (χ3v) is 4.65. The number of para-hydroxylation sites is 1. The van der Waals surface area contributed by atoms with Crippen molar-refractivity contribution in [2.24, 2.45) is 0 Å². The Bertz CT molecular complexity index is 1150. The quantitative estimate of drug-likeness (QED) is 0.371. The lowest BCUT2D eigenvalue weighted by atomic mass is 9.79. The van der Waals surface area contributed by atoms with Crippen molar-refractivity contribution in [2.75, 3.05) is 12.4 Å². The van der Waals surface area contributed by atoms with Crippen molar-refractivity contribution < 1.29 is 14.8 Å². The van der Waals surface area contributed by atoms with E-state index in [0.29, 0.717) is 29.3 Å². The van der Waals surface area contributed by atoms with Gasteiger partial charge in [0.2, 0.25) is 5.95 Å². The Hall–Kier alpha value is -3.43. The first-order valence-corrected chi connectivity index (χ1v) is 9.12. The highest BCUT2D eigenvalue weighted by Gasteiger charge is 2.21. The summed E-state index contributed by atoms with van der Waals surface area (Å²) in [6.07, 6.45) is 0. The molecule has 0 saturated heterocycles. The number of hydrogen-bond donors (Lipinski definition) is 4. The van der Waals surface area contributed by atoms with E-state index in [4.69, 9.17) is 4.74 Å². The molecule has 0 bridgehead atoms. The van der Waals surface area contributed by atoms with Gasteiger partial charge in [-0.15, -0.1) is 0 Å². The molecule has 29 heavy (non-hydrogen) atoms. The average Bonchev–Trinajstić information content (AvgIpc) is 3.08. The summed E-state index contributed by atoms with van der Waals surface area (Å²) in [6, 6.07) is 15.4. The van der Waals surface area contributed by atoms with Gasteiger partial charge < -0.3 is 25.1 Å². The van der Waals surface area contributed by atoms with Crippen LogP contribution >= 0.6 is 0 Å². The van der Waals surface area contributed by atoms with Crippen molar-refractivity contribution in [1.82, 2.24) is 19.9 Å². The molecule has 2 aromatic carbocycles. The fraction of sp³-hybridized carbons (Fsp3) is 0.150. The zero-order valence-corrected chi connectivity index (χ0v) is 16.0. The summed E-state index contributed by atoms with van der Waals surface area (Å²) in [5.41, 5.74) is 3.67. The third-order valence-electron chi connectivity index (χ3n) is 4.65. The number of benzene rings is 2. The lowest BCUT2D eigenvalue weighted by Crippen LogP contribution is -2.30. The maximum Gasteiger partial charge on any atom is 0.490 e. The molecule has 9 heteroatoms. The zero-order chi connectivity index (χ0) is 20.4. The first-order chi connectivity index (χ1) is 14.1. The third kappa shape index (κ3) is 3.78. The SMILES string of the molecule is COc1nc(NCc2ccccc2)nc(-c2c(C)[nH]c3c(B(O)O)cccc23)n1. The minimum Gasteiger partial charge on any atom is -0.467 e. The van der Waals surface area contributed by atoms with E-state index in [-0.39, 0.29) is 6.01 Å². The van der Waals surface area contributed by atoms with Crippen molar-refractivity contribution in [3.8, 4) is 17.4 Å². The maximum atomic E-state index is 9.66. The van der Waals surface area contributed by atoms with Crippen molar-refractivity contribution in [1.29, 1.82) is 0 Å². The fourth-order valence-electron chi connectivity index (χ4n) is 3.29. The molecule has 0 amide bonds. The predicted octanol–water partition coefficient (Wildman–Crippen LogP) is 1.63. The topological polar surface area (TPSA) is 116 Å². The van der Waals surface area contributed by atoms with E-state index in [1.54, 1.807) is 12.1 Å². The van der Waals surface area contributed by atoms with Gasteiger partial charge in [0.15, 0.2) is 5.82 Å². The van der Waals surface area contributed by atoms with E-state index in [9.17, 15) is 10.0 Å². The maximum absolute atomic E-state index is 9.66. The van der Waals surface area contributed by atoms with E-state index in [0.717, 1.165) is 22.2 Å². The number of hydrogen-bond acceptors (Lipinski definition) is 7. The molecule has 0 saturated carbocycles. The molecule has 2 heterocycles. The minimum atomic E-state index is -1.58. The minimum absolute atomic E-state index is 0.192. The molecule has 0 fully saturated rings. The Morgan fingerprint density at radius 3 is 2.55 bits per heavy atom. The number of ether oxygens (including phenoxy) is 1. The van der Waals surface area contributed by atoms with Crippen LogP contribution in [0.15, 0.2) is 48.5 Å². The summed E-state index contributed by atoms with van der Waals surface area (Å²) in [4.78, 5) is 16.5. The molecule has 2 aromatic heterocycles. The summed E-state index contributed by atoms with van der Waals surface area (Å²) in [5.74, 6) is 0.823. The molecule has 0 spiro atoms. The zero-order valence-electron chi connectivity index (χ0n) is 16.0. The molecule has 8 nitrogen and oxygen atoms in total. The van der Waals surface area contributed by atoms with Gasteiger partial charge in [-0.1, -0.05) is 48.5 Å². The van der Waals surface area contributed by atoms with Crippen LogP contribution in [0.1, 0.15) is 11.3 Å². The number of nitrogens with zero attached hydrogens (tertiary/aromatic N) is 3. The molecular weight excluding hydrogens is 369 g/mol. The number of aromatic nitrogens is 4. The standard InChI is InChI=1S/C20H20BN5O3/c1-12-16(14-9-6-10-15(21(27)28)17(14)23-12)18-24-19(26-20(25-18)29-2)22-11-13-7-4-3-5-8-13/h3-10,23,27-28H,11H2,1-2H3,(H,22,24,25,26). The number of nitrogens with one attached hydrogen (secondary N) is 2. The molecule has 4 aromatic rings. The Morgan fingerprint density at radius 1 is 1.03 bits per heavy atom. The van der Waals surface area contributed by atoms with Gasteiger partial charge in [0.05, 0.1) is 7.11 Å². The molecule has 4 N–H and O–H groups in total. The number of rotatable bonds is 6. The molecule has 0 aliphatic carbocycles. The highest BCUT2D eigenvalue weighted by Crippen LogP contribution is 2.30. The second-order valence-electron chi connectivity index (χ2n) is 6.58. The van der Waals surface area contributed by atoms with Gasteiger partial charge in [-0.05, 0) is 12.5 Å². The van der Waals surface area contributed by atoms with Gasteiger partial charge in [-0.3, -0.25) is 0 Å². The predicted molar refractivity (Wildman–Crippen MR) is 112 cm³/mol. The number of anilines is 1. The summed E-state index contributed by atoms with van der Waals surface area (Å²) in [6.45, 7) is 2.44. The van der Waals surface area contributed by atoms with Crippen LogP contribution in [0.25, 0.3) is 22.3 Å². The Kier molecular flexibility index (Phi) is 5.15. The monoisotopic (exact) mass is 389 g/mol. The Balaban J connectivity index is 1.77. The normalized spacial score (nSPS) is 10.9. The van der Waals surface area contributed by atoms with Crippen LogP contribution in [0, 0.1) is 6.92 Å². The van der Waals surface area contributed by atoms with E-state index in [1.807, 2.05) is 43.3 Å². The Morgan fingerprint density at radius 2 is 1.83 bits per heavy atom. The lowest BCUT2D eigenvalue weighted by molar-refractivity contribution is 0.379. The molecular formula is C20H20BN5O3. The van der Waals surface area contributed by atoms with Crippen LogP contribution in [0.5, 0.6) is 6.01 Å². The summed E-state index contributed by atoms with van der Waals surface area (Å²) in [7, 11) is -0.0804. The second kappa shape index (κ2) is 7.90. The van der Waals surface area contributed by atoms with Gasteiger partial charge in [-0.2, -0.15) is 15.0 Å². The van der Waals surface area contributed by atoms with Gasteiger partial charge in [0, 0.05) is 34.2 Å². The number of H-pyrrole nitrogens is 1. The van der Waals surface area contributed by atoms with Gasteiger partial charge >= 0.3 is 13.1 Å². The lowest BCUT2D eigenvalue weighted by Gasteiger charge is -2.09. The number of fused-ring (bicyclic) bond motifs is 1. The van der Waals surface area contributed by atoms with Crippen LogP contribution in [0.3, 0.4) is 0 Å². The molecule has 4 rings (SSSR count). The number of aryl methyl sites for hydroxylation is 1. The van der Waals surface area contributed by atoms with Crippen molar-refractivity contribution in [2.45, 2.75) is 13.5 Å². The largest absolute Gasteiger partial charge is 0.490 e. The molecule has 146 valence electrons. The first-order valence-electron chi connectivity index (χ1n) is 9.12. The second-order valence-corrected chi connectivity index (χ2v) is 6.58. The highest BCUT2D eigenvalue weighted by molar-refractivity contribution is 6.61. The molecule has 0 aliphatic rings. The van der Waals surface area contributed by atoms with Crippen LogP contribution in [0.2, 0.25) is 0 Å². The van der Waals surface area contributed by atoms with E-state index < -0.39 is 7.12 Å². The van der Waals surface area contributed by atoms with E-state index >= 15 is 0 Å². The number of methoxy groups -OCH3 is 1. The van der Waals surface area contributed by atoms with Crippen LogP contribution in [-0.4, -0.2) is 44.2 Å². The van der Waals surface area contributed by atoms with E-state index in [1.165, 1.54) is 7.11 Å². The fourth-order valence-corrected chi connectivity index (χ4v) is 3.29. The summed E-state index contributed by atoms with van der Waals surface area (Å²) < 4.78 is 5.27. The van der Waals surface area contributed by atoms with E-state index in [2.05, 4.69) is 25.3 Å². The summed E-state index contributed by atoms with van der Waals surface area (Å²) >= 11 is 0. The highest BCUT2D eigenvalue weighted by atomic mass is 16.5. The van der Waals surface area contributed by atoms with Crippen LogP contribution < -0.4 is 15.5 Å². The van der Waals surface area contributed by atoms with Gasteiger partial charge in [-0.25, -0.2) is 0 Å². The van der Waals surface area contributed by atoms with Crippen LogP contribution in [-0.2, 0) is 6.54 Å². The number of aromatic amines is 1.